The Morgan fingerprint density at radius 1 is 1.24 bits per heavy atom. The van der Waals surface area contributed by atoms with Crippen LogP contribution >= 0.6 is 11.3 Å². The fourth-order valence-corrected chi connectivity index (χ4v) is 5.62. The summed E-state index contributed by atoms with van der Waals surface area (Å²) in [4.78, 5) is 28.9. The molecule has 1 spiro atoms. The van der Waals surface area contributed by atoms with Gasteiger partial charge in [-0.25, -0.2) is 14.8 Å². The van der Waals surface area contributed by atoms with E-state index in [0.717, 1.165) is 68.3 Å². The Morgan fingerprint density at radius 3 is 2.76 bits per heavy atom. The fraction of sp³-hybridized carbons (Fsp3) is 0.682. The molecule has 158 valence electrons. The first-order chi connectivity index (χ1) is 13.7. The maximum absolute atomic E-state index is 12.6. The first-order valence-corrected chi connectivity index (χ1v) is 11.5. The van der Waals surface area contributed by atoms with Crippen molar-refractivity contribution in [3.05, 3.63) is 16.8 Å². The van der Waals surface area contributed by atoms with Gasteiger partial charge in [0.2, 0.25) is 0 Å². The number of thiophene rings is 1. The number of aromatic nitrogens is 2. The van der Waals surface area contributed by atoms with Crippen LogP contribution in [0.15, 0.2) is 6.07 Å². The van der Waals surface area contributed by atoms with Gasteiger partial charge in [-0.3, -0.25) is 0 Å². The molecule has 0 aliphatic carbocycles. The highest BCUT2D eigenvalue weighted by Gasteiger charge is 2.44. The highest BCUT2D eigenvalue weighted by molar-refractivity contribution is 7.18. The van der Waals surface area contributed by atoms with Gasteiger partial charge in [-0.1, -0.05) is 6.92 Å². The molecular formula is C22H32N4O2S. The van der Waals surface area contributed by atoms with Crippen LogP contribution in [-0.2, 0) is 11.2 Å². The predicted octanol–water partition coefficient (Wildman–Crippen LogP) is 4.79. The van der Waals surface area contributed by atoms with Gasteiger partial charge in [0, 0.05) is 36.5 Å². The number of anilines is 1. The normalized spacial score (nSPS) is 22.7. The fourth-order valence-electron chi connectivity index (χ4n) is 4.61. The summed E-state index contributed by atoms with van der Waals surface area (Å²) in [7, 11) is 0. The molecule has 2 fully saturated rings. The van der Waals surface area contributed by atoms with Crippen LogP contribution in [0.2, 0.25) is 0 Å². The number of amides is 1. The molecular weight excluding hydrogens is 384 g/mol. The molecule has 4 rings (SSSR count). The second-order valence-electron chi connectivity index (χ2n) is 9.56. The van der Waals surface area contributed by atoms with Gasteiger partial charge < -0.3 is 14.5 Å². The molecule has 2 saturated heterocycles. The van der Waals surface area contributed by atoms with E-state index in [1.807, 2.05) is 32.6 Å². The van der Waals surface area contributed by atoms with Crippen LogP contribution in [0.25, 0.3) is 10.2 Å². The Hall–Kier alpha value is -1.89. The summed E-state index contributed by atoms with van der Waals surface area (Å²) in [5, 5.41) is 1.18. The highest BCUT2D eigenvalue weighted by atomic mass is 32.1. The Bertz CT molecular complexity index is 919. The number of rotatable bonds is 2. The molecule has 2 aliphatic rings. The van der Waals surface area contributed by atoms with Crippen LogP contribution in [0.5, 0.6) is 0 Å². The summed E-state index contributed by atoms with van der Waals surface area (Å²) in [5.74, 6) is 1.90. The van der Waals surface area contributed by atoms with Crippen LogP contribution in [0.3, 0.4) is 0 Å². The summed E-state index contributed by atoms with van der Waals surface area (Å²) < 4.78 is 5.61. The lowest BCUT2D eigenvalue weighted by molar-refractivity contribution is 0.0269. The number of likely N-dealkylation sites (tertiary alicyclic amines) is 1. The summed E-state index contributed by atoms with van der Waals surface area (Å²) in [6, 6.07) is 2.26. The number of fused-ring (bicyclic) bond motifs is 1. The van der Waals surface area contributed by atoms with Crippen molar-refractivity contribution < 1.29 is 9.53 Å². The van der Waals surface area contributed by atoms with Crippen LogP contribution in [-0.4, -0.2) is 52.7 Å². The molecule has 0 saturated carbocycles. The largest absolute Gasteiger partial charge is 0.444 e. The number of nitrogens with zero attached hydrogens (tertiary/aromatic N) is 4. The first kappa shape index (κ1) is 20.4. The number of hydrogen-bond acceptors (Lipinski definition) is 6. The lowest BCUT2D eigenvalue weighted by Crippen LogP contribution is -2.46. The van der Waals surface area contributed by atoms with Gasteiger partial charge in [0.15, 0.2) is 0 Å². The van der Waals surface area contributed by atoms with Gasteiger partial charge in [0.1, 0.15) is 22.1 Å². The number of carbonyl (C=O) groups excluding carboxylic acids is 1. The van der Waals surface area contributed by atoms with Gasteiger partial charge in [-0.15, -0.1) is 11.3 Å². The molecule has 1 unspecified atom stereocenters. The average molecular weight is 417 g/mol. The van der Waals surface area contributed by atoms with E-state index < -0.39 is 5.60 Å². The predicted molar refractivity (Wildman–Crippen MR) is 118 cm³/mol. The standard InChI is InChI=1S/C22H32N4O2S/c1-6-16-12-17-18(23-15(2)24-19(17)29-16)25-10-7-8-22(13-25)9-11-26(14-22)20(27)28-21(3,4)5/h12H,6-11,13-14H2,1-5H3. The minimum Gasteiger partial charge on any atom is -0.444 e. The van der Waals surface area contributed by atoms with E-state index in [0.29, 0.717) is 0 Å². The zero-order valence-electron chi connectivity index (χ0n) is 18.2. The van der Waals surface area contributed by atoms with E-state index in [1.54, 1.807) is 11.3 Å². The summed E-state index contributed by atoms with van der Waals surface area (Å²) in [6.45, 7) is 13.4. The molecule has 2 aromatic rings. The zero-order chi connectivity index (χ0) is 20.8. The van der Waals surface area contributed by atoms with Gasteiger partial charge >= 0.3 is 6.09 Å². The Morgan fingerprint density at radius 2 is 2.03 bits per heavy atom. The average Bonchev–Trinajstić information content (AvgIpc) is 3.24. The Labute approximate surface area is 177 Å². The minimum absolute atomic E-state index is 0.129. The number of aryl methyl sites for hydroxylation is 2. The second kappa shape index (κ2) is 7.42. The van der Waals surface area contributed by atoms with Crippen molar-refractivity contribution in [1.29, 1.82) is 0 Å². The zero-order valence-corrected chi connectivity index (χ0v) is 19.1. The van der Waals surface area contributed by atoms with E-state index in [2.05, 4.69) is 22.9 Å². The number of piperidine rings is 1. The molecule has 4 heterocycles. The molecule has 0 bridgehead atoms. The molecule has 29 heavy (non-hydrogen) atoms. The Balaban J connectivity index is 1.56. The molecule has 1 atom stereocenters. The van der Waals surface area contributed by atoms with Crippen LogP contribution in [0.4, 0.5) is 10.6 Å². The minimum atomic E-state index is -0.453. The third kappa shape index (κ3) is 4.20. The molecule has 2 aliphatic heterocycles. The van der Waals surface area contributed by atoms with E-state index in [4.69, 9.17) is 9.72 Å². The smallest absolute Gasteiger partial charge is 0.410 e. The summed E-state index contributed by atoms with van der Waals surface area (Å²) in [5.41, 5.74) is -0.324. The van der Waals surface area contributed by atoms with Crippen LogP contribution < -0.4 is 4.90 Å². The lowest BCUT2D eigenvalue weighted by atomic mass is 9.79. The third-order valence-electron chi connectivity index (χ3n) is 5.93. The molecule has 0 N–H and O–H groups in total. The van der Waals surface area contributed by atoms with Gasteiger partial charge in [-0.2, -0.15) is 0 Å². The molecule has 7 heteroatoms. The third-order valence-corrected chi connectivity index (χ3v) is 7.11. The van der Waals surface area contributed by atoms with Crippen molar-refractivity contribution in [3.63, 3.8) is 0 Å². The van der Waals surface area contributed by atoms with Gasteiger partial charge in [-0.05, 0) is 59.4 Å². The van der Waals surface area contributed by atoms with Crippen molar-refractivity contribution in [2.24, 2.45) is 5.41 Å². The summed E-state index contributed by atoms with van der Waals surface area (Å²) in [6.07, 6.45) is 4.14. The maximum atomic E-state index is 12.6. The molecule has 0 radical (unpaired) electrons. The van der Waals surface area contributed by atoms with Crippen molar-refractivity contribution >= 4 is 33.5 Å². The van der Waals surface area contributed by atoms with Gasteiger partial charge in [0.05, 0.1) is 5.39 Å². The molecule has 1 amide bonds. The van der Waals surface area contributed by atoms with E-state index in [1.165, 1.54) is 10.3 Å². The number of ether oxygens (including phenoxy) is 1. The maximum Gasteiger partial charge on any atom is 0.410 e. The monoisotopic (exact) mass is 416 g/mol. The molecule has 2 aromatic heterocycles. The number of carbonyl (C=O) groups is 1. The Kier molecular flexibility index (Phi) is 5.21. The summed E-state index contributed by atoms with van der Waals surface area (Å²) >= 11 is 1.78. The van der Waals surface area contributed by atoms with Gasteiger partial charge in [0.25, 0.3) is 0 Å². The van der Waals surface area contributed by atoms with E-state index in [-0.39, 0.29) is 11.5 Å². The molecule has 6 nitrogen and oxygen atoms in total. The second-order valence-corrected chi connectivity index (χ2v) is 10.7. The lowest BCUT2D eigenvalue weighted by Gasteiger charge is -2.41. The van der Waals surface area contributed by atoms with E-state index >= 15 is 0 Å². The SMILES string of the molecule is CCc1cc2c(N3CCCC4(CCN(C(=O)OC(C)(C)C)C4)C3)nc(C)nc2s1. The topological polar surface area (TPSA) is 58.6 Å². The van der Waals surface area contributed by atoms with Crippen LogP contribution in [0, 0.1) is 12.3 Å². The van der Waals surface area contributed by atoms with Crippen LogP contribution in [0.1, 0.15) is 57.7 Å². The first-order valence-electron chi connectivity index (χ1n) is 10.7. The van der Waals surface area contributed by atoms with Crippen molar-refractivity contribution in [3.8, 4) is 0 Å². The number of hydrogen-bond donors (Lipinski definition) is 0. The quantitative estimate of drug-likeness (QED) is 0.704. The van der Waals surface area contributed by atoms with Crippen molar-refractivity contribution in [1.82, 2.24) is 14.9 Å². The van der Waals surface area contributed by atoms with E-state index in [9.17, 15) is 4.79 Å². The highest BCUT2D eigenvalue weighted by Crippen LogP contribution is 2.42. The van der Waals surface area contributed by atoms with Crippen molar-refractivity contribution in [2.45, 2.75) is 65.9 Å². The molecule has 0 aromatic carbocycles. The van der Waals surface area contributed by atoms with Crippen molar-refractivity contribution in [2.75, 3.05) is 31.1 Å².